The summed E-state index contributed by atoms with van der Waals surface area (Å²) in [6, 6.07) is 8.49. The van der Waals surface area contributed by atoms with Crippen molar-refractivity contribution in [2.75, 3.05) is 13.7 Å². The van der Waals surface area contributed by atoms with Crippen molar-refractivity contribution in [1.82, 2.24) is 9.80 Å². The number of carbonyl (C=O) groups is 3. The van der Waals surface area contributed by atoms with Crippen LogP contribution in [0.5, 0.6) is 0 Å². The van der Waals surface area contributed by atoms with Crippen LogP contribution >= 0.6 is 0 Å². The van der Waals surface area contributed by atoms with Gasteiger partial charge in [0.05, 0.1) is 7.11 Å². The second kappa shape index (κ2) is 6.89. The molecule has 6 nitrogen and oxygen atoms in total. The maximum Gasteiger partial charge on any atom is 0.417 e. The lowest BCUT2D eigenvalue weighted by Crippen LogP contribution is -2.61. The molecule has 22 heavy (non-hydrogen) atoms. The Morgan fingerprint density at radius 1 is 1.36 bits per heavy atom. The van der Waals surface area contributed by atoms with Crippen LogP contribution in [0.2, 0.25) is 0 Å². The van der Waals surface area contributed by atoms with Gasteiger partial charge < -0.3 is 9.64 Å². The summed E-state index contributed by atoms with van der Waals surface area (Å²) in [5.74, 6) is -0.733. The van der Waals surface area contributed by atoms with Crippen LogP contribution in [0.25, 0.3) is 0 Å². The molecule has 1 atom stereocenters. The normalized spacial score (nSPS) is 18.3. The fraction of sp³-hybridized carbons (Fsp3) is 0.312. The third-order valence-corrected chi connectivity index (χ3v) is 3.48. The molecule has 0 saturated carbocycles. The third kappa shape index (κ3) is 3.16. The summed E-state index contributed by atoms with van der Waals surface area (Å²) in [5.41, 5.74) is 0.924. The van der Waals surface area contributed by atoms with E-state index in [-0.39, 0.29) is 18.9 Å². The molecule has 2 rings (SSSR count). The molecule has 116 valence electrons. The monoisotopic (exact) mass is 302 g/mol. The van der Waals surface area contributed by atoms with E-state index >= 15 is 0 Å². The van der Waals surface area contributed by atoms with Crippen molar-refractivity contribution in [3.05, 3.63) is 48.6 Å². The maximum absolute atomic E-state index is 12.6. The Bertz CT molecular complexity index is 585. The molecule has 0 N–H and O–H groups in total. The highest BCUT2D eigenvalue weighted by atomic mass is 16.5. The van der Waals surface area contributed by atoms with Gasteiger partial charge in [0.25, 0.3) is 5.91 Å². The predicted octanol–water partition coefficient (Wildman–Crippen LogP) is 1.57. The fourth-order valence-corrected chi connectivity index (χ4v) is 2.44. The van der Waals surface area contributed by atoms with Crippen molar-refractivity contribution >= 4 is 17.9 Å². The maximum atomic E-state index is 12.6. The second-order valence-corrected chi connectivity index (χ2v) is 4.95. The molecule has 0 radical (unpaired) electrons. The quantitative estimate of drug-likeness (QED) is 0.792. The van der Waals surface area contributed by atoms with Gasteiger partial charge in [-0.15, -0.1) is 6.58 Å². The van der Waals surface area contributed by atoms with Crippen LogP contribution in [-0.4, -0.2) is 47.4 Å². The average molecular weight is 302 g/mol. The molecule has 1 aliphatic heterocycles. The zero-order valence-electron chi connectivity index (χ0n) is 12.4. The molecule has 6 heteroatoms. The molecule has 1 heterocycles. The Kier molecular flexibility index (Phi) is 4.93. The van der Waals surface area contributed by atoms with Gasteiger partial charge in [-0.05, 0) is 12.0 Å². The van der Waals surface area contributed by atoms with Crippen LogP contribution in [0.3, 0.4) is 0 Å². The van der Waals surface area contributed by atoms with E-state index in [4.69, 9.17) is 0 Å². The highest BCUT2D eigenvalue weighted by Gasteiger charge is 2.42. The topological polar surface area (TPSA) is 66.9 Å². The number of rotatable bonds is 4. The molecule has 1 fully saturated rings. The van der Waals surface area contributed by atoms with E-state index < -0.39 is 18.0 Å². The smallest absolute Gasteiger partial charge is 0.417 e. The van der Waals surface area contributed by atoms with Crippen molar-refractivity contribution in [2.45, 2.75) is 19.0 Å². The molecule has 0 unspecified atom stereocenters. The number of nitrogens with zero attached hydrogens (tertiary/aromatic N) is 2. The predicted molar refractivity (Wildman–Crippen MR) is 79.7 cm³/mol. The molecule has 0 bridgehead atoms. The zero-order chi connectivity index (χ0) is 16.1. The SMILES string of the molecule is C=CC[C@H]1C(=O)N(Cc2ccccc2)CC(=O)N1C(=O)OC. The average Bonchev–Trinajstić information content (AvgIpc) is 2.52. The largest absolute Gasteiger partial charge is 0.452 e. The molecule has 0 aromatic heterocycles. The Labute approximate surface area is 129 Å². The number of imide groups is 1. The molecular weight excluding hydrogens is 284 g/mol. The number of hydrogen-bond acceptors (Lipinski definition) is 4. The number of carbonyl (C=O) groups excluding carboxylic acids is 3. The van der Waals surface area contributed by atoms with Crippen LogP contribution in [0, 0.1) is 0 Å². The first-order chi connectivity index (χ1) is 10.6. The van der Waals surface area contributed by atoms with Gasteiger partial charge in [0.1, 0.15) is 12.6 Å². The van der Waals surface area contributed by atoms with Gasteiger partial charge in [-0.1, -0.05) is 36.4 Å². The van der Waals surface area contributed by atoms with Gasteiger partial charge in [0.2, 0.25) is 5.91 Å². The summed E-state index contributed by atoms with van der Waals surface area (Å²) < 4.78 is 4.60. The summed E-state index contributed by atoms with van der Waals surface area (Å²) >= 11 is 0. The molecule has 1 aromatic carbocycles. The number of hydrogen-bond donors (Lipinski definition) is 0. The molecule has 1 aromatic rings. The van der Waals surface area contributed by atoms with E-state index in [0.717, 1.165) is 10.5 Å². The molecular formula is C16H18N2O4. The summed E-state index contributed by atoms with van der Waals surface area (Å²) in [6.07, 6.45) is 0.896. The number of amides is 3. The molecule has 0 aliphatic carbocycles. The van der Waals surface area contributed by atoms with Crippen LogP contribution < -0.4 is 0 Å². The Balaban J connectivity index is 2.22. The Morgan fingerprint density at radius 2 is 2.05 bits per heavy atom. The second-order valence-electron chi connectivity index (χ2n) is 4.95. The van der Waals surface area contributed by atoms with E-state index in [2.05, 4.69) is 11.3 Å². The van der Waals surface area contributed by atoms with Crippen molar-refractivity contribution in [3.63, 3.8) is 0 Å². The van der Waals surface area contributed by atoms with Crippen molar-refractivity contribution in [1.29, 1.82) is 0 Å². The summed E-state index contributed by atoms with van der Waals surface area (Å²) in [7, 11) is 1.18. The summed E-state index contributed by atoms with van der Waals surface area (Å²) in [5, 5.41) is 0. The van der Waals surface area contributed by atoms with E-state index in [0.29, 0.717) is 6.54 Å². The highest BCUT2D eigenvalue weighted by molar-refractivity contribution is 6.03. The van der Waals surface area contributed by atoms with E-state index in [1.165, 1.54) is 18.1 Å². The van der Waals surface area contributed by atoms with E-state index in [1.807, 2.05) is 30.3 Å². The van der Waals surface area contributed by atoms with E-state index in [9.17, 15) is 14.4 Å². The summed E-state index contributed by atoms with van der Waals surface area (Å²) in [4.78, 5) is 38.9. The molecule has 1 saturated heterocycles. The molecule has 0 spiro atoms. The lowest BCUT2D eigenvalue weighted by atomic mass is 10.1. The van der Waals surface area contributed by atoms with Crippen molar-refractivity contribution in [2.24, 2.45) is 0 Å². The van der Waals surface area contributed by atoms with Gasteiger partial charge in [-0.3, -0.25) is 9.59 Å². The molecule has 1 aliphatic rings. The van der Waals surface area contributed by atoms with E-state index in [1.54, 1.807) is 0 Å². The zero-order valence-corrected chi connectivity index (χ0v) is 12.4. The first kappa shape index (κ1) is 15.8. The van der Waals surface area contributed by atoms with Crippen LogP contribution in [-0.2, 0) is 20.9 Å². The number of benzene rings is 1. The van der Waals surface area contributed by atoms with Gasteiger partial charge >= 0.3 is 6.09 Å². The number of piperazine rings is 1. The minimum atomic E-state index is -0.894. The lowest BCUT2D eigenvalue weighted by molar-refractivity contribution is -0.154. The van der Waals surface area contributed by atoms with Crippen molar-refractivity contribution in [3.8, 4) is 0 Å². The highest BCUT2D eigenvalue weighted by Crippen LogP contribution is 2.19. The fourth-order valence-electron chi connectivity index (χ4n) is 2.44. The van der Waals surface area contributed by atoms with Crippen molar-refractivity contribution < 1.29 is 19.1 Å². The van der Waals surface area contributed by atoms with Gasteiger partial charge in [0.15, 0.2) is 0 Å². The summed E-state index contributed by atoms with van der Waals surface area (Å²) in [6.45, 7) is 3.77. The minimum absolute atomic E-state index is 0.142. The van der Waals surface area contributed by atoms with Crippen LogP contribution in [0.15, 0.2) is 43.0 Å². The Morgan fingerprint density at radius 3 is 2.64 bits per heavy atom. The Hall–Kier alpha value is -2.63. The standard InChI is InChI=1S/C16H18N2O4/c1-3-7-13-15(20)17(10-12-8-5-4-6-9-12)11-14(19)18(13)16(21)22-2/h3-6,8-9,13H,1,7,10-11H2,2H3/t13-/m0/s1. The van der Waals surface area contributed by atoms with Crippen LogP contribution in [0.1, 0.15) is 12.0 Å². The first-order valence-electron chi connectivity index (χ1n) is 6.92. The number of ether oxygens (including phenoxy) is 1. The minimum Gasteiger partial charge on any atom is -0.452 e. The number of methoxy groups -OCH3 is 1. The lowest BCUT2D eigenvalue weighted by Gasteiger charge is -2.37. The molecule has 3 amide bonds. The van der Waals surface area contributed by atoms with Gasteiger partial charge in [0, 0.05) is 6.54 Å². The van der Waals surface area contributed by atoms with Gasteiger partial charge in [-0.25, -0.2) is 9.69 Å². The first-order valence-corrected chi connectivity index (χ1v) is 6.92. The van der Waals surface area contributed by atoms with Gasteiger partial charge in [-0.2, -0.15) is 0 Å². The van der Waals surface area contributed by atoms with Crippen LogP contribution in [0.4, 0.5) is 4.79 Å². The third-order valence-electron chi connectivity index (χ3n) is 3.48.